The van der Waals surface area contributed by atoms with Crippen molar-refractivity contribution >= 4 is 5.69 Å². The Morgan fingerprint density at radius 3 is 2.79 bits per heavy atom. The van der Waals surface area contributed by atoms with Gasteiger partial charge in [0.2, 0.25) is 0 Å². The number of non-ortho nitro benzene ring substituents is 1. The van der Waals surface area contributed by atoms with E-state index in [9.17, 15) is 10.1 Å². The lowest BCUT2D eigenvalue weighted by molar-refractivity contribution is -0.384. The van der Waals surface area contributed by atoms with Crippen molar-refractivity contribution in [2.75, 3.05) is 19.8 Å². The molecule has 0 spiro atoms. The Bertz CT molecular complexity index is 413. The molecule has 0 amide bonds. The number of ether oxygens (including phenoxy) is 1. The van der Waals surface area contributed by atoms with E-state index in [4.69, 9.17) is 4.74 Å². The molecule has 5 nitrogen and oxygen atoms in total. The van der Waals surface area contributed by atoms with Crippen LogP contribution in [-0.2, 0) is 4.74 Å². The van der Waals surface area contributed by atoms with Crippen molar-refractivity contribution in [1.82, 2.24) is 5.32 Å². The molecule has 0 saturated carbocycles. The van der Waals surface area contributed by atoms with Crippen molar-refractivity contribution in [1.29, 1.82) is 0 Å². The highest BCUT2D eigenvalue weighted by molar-refractivity contribution is 5.33. The van der Waals surface area contributed by atoms with E-state index in [2.05, 4.69) is 12.2 Å². The van der Waals surface area contributed by atoms with Crippen molar-refractivity contribution in [3.63, 3.8) is 0 Å². The molecule has 1 aliphatic rings. The largest absolute Gasteiger partial charge is 0.381 e. The first-order valence-electron chi connectivity index (χ1n) is 6.72. The fourth-order valence-corrected chi connectivity index (χ4v) is 2.32. The first-order valence-corrected chi connectivity index (χ1v) is 6.72. The van der Waals surface area contributed by atoms with Crippen molar-refractivity contribution in [3.05, 3.63) is 39.9 Å². The molecule has 1 heterocycles. The van der Waals surface area contributed by atoms with Gasteiger partial charge >= 0.3 is 0 Å². The molecule has 2 rings (SSSR count). The van der Waals surface area contributed by atoms with Gasteiger partial charge in [0, 0.05) is 31.4 Å². The maximum atomic E-state index is 10.6. The minimum atomic E-state index is -0.373. The summed E-state index contributed by atoms with van der Waals surface area (Å²) in [6, 6.07) is 6.95. The zero-order chi connectivity index (χ0) is 13.7. The van der Waals surface area contributed by atoms with Crippen molar-refractivity contribution in [3.8, 4) is 0 Å². The van der Waals surface area contributed by atoms with Gasteiger partial charge in [0.1, 0.15) is 0 Å². The van der Waals surface area contributed by atoms with Gasteiger partial charge in [0.15, 0.2) is 0 Å². The summed E-state index contributed by atoms with van der Waals surface area (Å²) in [6.07, 6.45) is 2.28. The number of hydrogen-bond donors (Lipinski definition) is 1. The van der Waals surface area contributed by atoms with Gasteiger partial charge in [-0.1, -0.05) is 12.1 Å². The third kappa shape index (κ3) is 4.01. The second-order valence-electron chi connectivity index (χ2n) is 5.04. The third-order valence-electron chi connectivity index (χ3n) is 3.63. The van der Waals surface area contributed by atoms with Crippen LogP contribution < -0.4 is 5.32 Å². The number of hydrogen-bond acceptors (Lipinski definition) is 4. The van der Waals surface area contributed by atoms with Crippen LogP contribution in [0.25, 0.3) is 0 Å². The minimum absolute atomic E-state index is 0.138. The van der Waals surface area contributed by atoms with E-state index in [0.29, 0.717) is 5.92 Å². The van der Waals surface area contributed by atoms with Gasteiger partial charge in [-0.2, -0.15) is 0 Å². The normalized spacial score (nSPS) is 20.4. The average Bonchev–Trinajstić information content (AvgIpc) is 2.92. The number of nitro benzene ring substituents is 1. The van der Waals surface area contributed by atoms with Crippen LogP contribution in [0.5, 0.6) is 0 Å². The predicted molar refractivity (Wildman–Crippen MR) is 73.1 cm³/mol. The van der Waals surface area contributed by atoms with Gasteiger partial charge in [-0.3, -0.25) is 10.1 Å². The molecule has 0 aliphatic carbocycles. The van der Waals surface area contributed by atoms with Crippen molar-refractivity contribution in [2.24, 2.45) is 5.92 Å². The first kappa shape index (κ1) is 14.0. The standard InChI is InChI=1S/C14H20N2O3/c1-11(15-8-6-12-7-9-19-10-12)13-2-4-14(5-3-13)16(17)18/h2-5,11-12,15H,6-10H2,1H3. The van der Waals surface area contributed by atoms with E-state index < -0.39 is 0 Å². The highest BCUT2D eigenvalue weighted by Gasteiger charge is 2.15. The molecule has 1 saturated heterocycles. The van der Waals surface area contributed by atoms with Crippen LogP contribution in [0.15, 0.2) is 24.3 Å². The summed E-state index contributed by atoms with van der Waals surface area (Å²) >= 11 is 0. The molecule has 0 radical (unpaired) electrons. The number of nitrogens with zero attached hydrogens (tertiary/aromatic N) is 1. The van der Waals surface area contributed by atoms with Gasteiger partial charge in [0.05, 0.1) is 4.92 Å². The van der Waals surface area contributed by atoms with Gasteiger partial charge in [-0.15, -0.1) is 0 Å². The number of nitro groups is 1. The predicted octanol–water partition coefficient (Wildman–Crippen LogP) is 2.67. The van der Waals surface area contributed by atoms with E-state index in [-0.39, 0.29) is 16.7 Å². The lowest BCUT2D eigenvalue weighted by atomic mass is 10.0. The maximum Gasteiger partial charge on any atom is 0.269 e. The Hall–Kier alpha value is -1.46. The molecule has 1 aromatic rings. The smallest absolute Gasteiger partial charge is 0.269 e. The maximum absolute atomic E-state index is 10.6. The van der Waals surface area contributed by atoms with Crippen LogP contribution in [-0.4, -0.2) is 24.7 Å². The van der Waals surface area contributed by atoms with Crippen LogP contribution in [0.3, 0.4) is 0 Å². The fraction of sp³-hybridized carbons (Fsp3) is 0.571. The zero-order valence-corrected chi connectivity index (χ0v) is 11.2. The average molecular weight is 264 g/mol. The zero-order valence-electron chi connectivity index (χ0n) is 11.2. The van der Waals surface area contributed by atoms with Gasteiger partial charge < -0.3 is 10.1 Å². The van der Waals surface area contributed by atoms with Crippen LogP contribution in [0.2, 0.25) is 0 Å². The molecule has 2 unspecified atom stereocenters. The molecular weight excluding hydrogens is 244 g/mol. The Kier molecular flexibility index (Phi) is 4.87. The van der Waals surface area contributed by atoms with E-state index in [1.165, 1.54) is 0 Å². The van der Waals surface area contributed by atoms with Crippen molar-refractivity contribution < 1.29 is 9.66 Å². The molecule has 1 aromatic carbocycles. The molecule has 0 bridgehead atoms. The number of rotatable bonds is 6. The Morgan fingerprint density at radius 1 is 1.47 bits per heavy atom. The SMILES string of the molecule is CC(NCCC1CCOC1)c1ccc([N+](=O)[O-])cc1. The van der Waals surface area contributed by atoms with Crippen molar-refractivity contribution in [2.45, 2.75) is 25.8 Å². The van der Waals surface area contributed by atoms with E-state index >= 15 is 0 Å². The molecule has 104 valence electrons. The van der Waals surface area contributed by atoms with Crippen LogP contribution in [0, 0.1) is 16.0 Å². The molecule has 1 aliphatic heterocycles. The summed E-state index contributed by atoms with van der Waals surface area (Å²) in [5, 5.41) is 14.0. The molecule has 1 N–H and O–H groups in total. The minimum Gasteiger partial charge on any atom is -0.381 e. The third-order valence-corrected chi connectivity index (χ3v) is 3.63. The first-order chi connectivity index (χ1) is 9.16. The van der Waals surface area contributed by atoms with E-state index in [1.54, 1.807) is 12.1 Å². The summed E-state index contributed by atoms with van der Waals surface area (Å²) in [7, 11) is 0. The summed E-state index contributed by atoms with van der Waals surface area (Å²) in [5.74, 6) is 0.677. The lowest BCUT2D eigenvalue weighted by Gasteiger charge is -2.15. The van der Waals surface area contributed by atoms with Gasteiger partial charge in [-0.25, -0.2) is 0 Å². The topological polar surface area (TPSA) is 64.4 Å². The lowest BCUT2D eigenvalue weighted by Crippen LogP contribution is -2.22. The second-order valence-corrected chi connectivity index (χ2v) is 5.04. The Morgan fingerprint density at radius 2 is 2.21 bits per heavy atom. The number of benzene rings is 1. The highest BCUT2D eigenvalue weighted by Crippen LogP contribution is 2.19. The molecule has 1 fully saturated rings. The van der Waals surface area contributed by atoms with Crippen LogP contribution >= 0.6 is 0 Å². The molecular formula is C14H20N2O3. The van der Waals surface area contributed by atoms with E-state index in [0.717, 1.165) is 38.2 Å². The van der Waals surface area contributed by atoms with E-state index in [1.807, 2.05) is 12.1 Å². The van der Waals surface area contributed by atoms with Crippen LogP contribution in [0.1, 0.15) is 31.4 Å². The highest BCUT2D eigenvalue weighted by atomic mass is 16.6. The summed E-state index contributed by atoms with van der Waals surface area (Å²) in [6.45, 7) is 4.80. The van der Waals surface area contributed by atoms with Gasteiger partial charge in [0.25, 0.3) is 5.69 Å². The summed E-state index contributed by atoms with van der Waals surface area (Å²) in [5.41, 5.74) is 1.22. The van der Waals surface area contributed by atoms with Crippen LogP contribution in [0.4, 0.5) is 5.69 Å². The fourth-order valence-electron chi connectivity index (χ4n) is 2.32. The Labute approximate surface area is 113 Å². The summed E-state index contributed by atoms with van der Waals surface area (Å²) < 4.78 is 5.34. The number of nitrogens with one attached hydrogen (secondary N) is 1. The molecule has 5 heteroatoms. The quantitative estimate of drug-likeness (QED) is 0.633. The second kappa shape index (κ2) is 6.63. The molecule has 2 atom stereocenters. The molecule has 0 aromatic heterocycles. The molecule has 19 heavy (non-hydrogen) atoms. The van der Waals surface area contributed by atoms with Gasteiger partial charge in [-0.05, 0) is 37.8 Å². The monoisotopic (exact) mass is 264 g/mol. The summed E-state index contributed by atoms with van der Waals surface area (Å²) in [4.78, 5) is 10.2. The Balaban J connectivity index is 1.78.